The van der Waals surface area contributed by atoms with Gasteiger partial charge in [0.1, 0.15) is 17.9 Å². The fourth-order valence-electron chi connectivity index (χ4n) is 5.40. The Balaban J connectivity index is 1.40. The van der Waals surface area contributed by atoms with Crippen LogP contribution in [0.4, 0.5) is 5.82 Å². The molecule has 0 aliphatic carbocycles. The molecule has 2 aliphatic heterocycles. The molecular weight excluding hydrogens is 502 g/mol. The molecule has 0 atom stereocenters. The van der Waals surface area contributed by atoms with Gasteiger partial charge in [0.05, 0.1) is 35.3 Å². The Morgan fingerprint density at radius 2 is 1.85 bits per heavy atom. The normalized spacial score (nSPS) is 16.7. The molecular formula is C27H29N7O5. The van der Waals surface area contributed by atoms with Crippen LogP contribution in [0.25, 0.3) is 33.2 Å². The van der Waals surface area contributed by atoms with E-state index in [2.05, 4.69) is 19.9 Å². The summed E-state index contributed by atoms with van der Waals surface area (Å²) in [7, 11) is 1.49. The van der Waals surface area contributed by atoms with Crippen LogP contribution < -0.4 is 16.1 Å². The number of carbonyl (C=O) groups is 1. The molecule has 6 rings (SSSR count). The number of fused-ring (bicyclic) bond motifs is 3. The molecule has 2 aliphatic rings. The molecule has 0 saturated carbocycles. The fourth-order valence-corrected chi connectivity index (χ4v) is 5.40. The molecule has 0 spiro atoms. The predicted octanol–water partition coefficient (Wildman–Crippen LogP) is 1.34. The Labute approximate surface area is 223 Å². The zero-order chi connectivity index (χ0) is 26.9. The van der Waals surface area contributed by atoms with Crippen LogP contribution in [-0.4, -0.2) is 88.4 Å². The van der Waals surface area contributed by atoms with Gasteiger partial charge in [0, 0.05) is 57.3 Å². The van der Waals surface area contributed by atoms with Crippen LogP contribution in [-0.2, 0) is 14.3 Å². The number of rotatable bonds is 5. The molecule has 1 N–H and O–H groups in total. The number of methoxy groups -OCH3 is 1. The van der Waals surface area contributed by atoms with E-state index in [1.165, 1.54) is 13.3 Å². The zero-order valence-corrected chi connectivity index (χ0v) is 21.6. The lowest BCUT2D eigenvalue weighted by Gasteiger charge is -2.33. The predicted molar refractivity (Wildman–Crippen MR) is 145 cm³/mol. The maximum atomic E-state index is 13.2. The molecule has 2 fully saturated rings. The highest BCUT2D eigenvalue weighted by Crippen LogP contribution is 2.29. The molecule has 0 radical (unpaired) electrons. The van der Waals surface area contributed by atoms with Crippen LogP contribution in [0.2, 0.25) is 0 Å². The fraction of sp³-hybridized carbons (Fsp3) is 0.407. The Kier molecular flexibility index (Phi) is 6.79. The smallest absolute Gasteiger partial charge is 0.329 e. The van der Waals surface area contributed by atoms with Crippen LogP contribution in [0.1, 0.15) is 18.9 Å². The first-order valence-electron chi connectivity index (χ1n) is 13.0. The summed E-state index contributed by atoms with van der Waals surface area (Å²) in [5, 5.41) is 0.297. The van der Waals surface area contributed by atoms with Gasteiger partial charge in [-0.1, -0.05) is 0 Å². The third kappa shape index (κ3) is 4.77. The number of ether oxygens (including phenoxy) is 2. The lowest BCUT2D eigenvalue weighted by Crippen LogP contribution is -2.43. The Morgan fingerprint density at radius 3 is 2.56 bits per heavy atom. The standard InChI is InChI=1S/C27H29N7O5/c1-38-16-23(35)33-8-6-18(7-9-33)34-25-19(26(36)31-27(34)37)15-28-21-4-3-20(30-24(21)25)17-2-5-22(29-14-17)32-10-12-39-13-11-32/h2-5,14-15,18H,6-13,16H2,1H3,(H,31,36,37). The van der Waals surface area contributed by atoms with E-state index >= 15 is 0 Å². The molecule has 4 aromatic heterocycles. The van der Waals surface area contributed by atoms with E-state index in [0.29, 0.717) is 66.8 Å². The summed E-state index contributed by atoms with van der Waals surface area (Å²) in [5.41, 5.74) is 1.99. The van der Waals surface area contributed by atoms with Crippen molar-refractivity contribution in [3.05, 3.63) is 57.5 Å². The van der Waals surface area contributed by atoms with Gasteiger partial charge < -0.3 is 19.3 Å². The van der Waals surface area contributed by atoms with Gasteiger partial charge in [-0.2, -0.15) is 0 Å². The maximum Gasteiger partial charge on any atom is 0.329 e. The number of nitrogens with one attached hydrogen (secondary N) is 1. The zero-order valence-electron chi connectivity index (χ0n) is 21.6. The first kappa shape index (κ1) is 25.1. The van der Waals surface area contributed by atoms with Gasteiger partial charge in [-0.25, -0.2) is 14.8 Å². The van der Waals surface area contributed by atoms with Gasteiger partial charge in [-0.3, -0.25) is 24.1 Å². The summed E-state index contributed by atoms with van der Waals surface area (Å²) in [4.78, 5) is 58.6. The Hall–Kier alpha value is -4.16. The molecule has 2 saturated heterocycles. The van der Waals surface area contributed by atoms with Gasteiger partial charge in [-0.05, 0) is 37.1 Å². The number of piperidine rings is 1. The maximum absolute atomic E-state index is 13.2. The van der Waals surface area contributed by atoms with Crippen molar-refractivity contribution in [1.29, 1.82) is 0 Å². The van der Waals surface area contributed by atoms with Gasteiger partial charge in [0.25, 0.3) is 5.56 Å². The number of likely N-dealkylation sites (tertiary alicyclic amines) is 1. The summed E-state index contributed by atoms with van der Waals surface area (Å²) in [6.45, 7) is 3.95. The summed E-state index contributed by atoms with van der Waals surface area (Å²) in [6.07, 6.45) is 4.40. The molecule has 0 bridgehead atoms. The van der Waals surface area contributed by atoms with Crippen molar-refractivity contribution in [2.75, 3.05) is 58.0 Å². The topological polar surface area (TPSA) is 136 Å². The SMILES string of the molecule is COCC(=O)N1CCC(n2c(=O)[nH]c(=O)c3cnc4ccc(-c5ccc(N6CCOCC6)nc5)nc4c32)CC1. The average Bonchev–Trinajstić information content (AvgIpc) is 2.98. The minimum Gasteiger partial charge on any atom is -0.378 e. The van der Waals surface area contributed by atoms with Crippen molar-refractivity contribution in [3.63, 3.8) is 0 Å². The number of morpholine rings is 1. The van der Waals surface area contributed by atoms with E-state index in [1.807, 2.05) is 24.3 Å². The largest absolute Gasteiger partial charge is 0.378 e. The van der Waals surface area contributed by atoms with Gasteiger partial charge in [-0.15, -0.1) is 0 Å². The summed E-state index contributed by atoms with van der Waals surface area (Å²) in [6, 6.07) is 7.43. The molecule has 12 heteroatoms. The number of anilines is 1. The molecule has 0 unspecified atom stereocenters. The number of aromatic amines is 1. The highest BCUT2D eigenvalue weighted by Gasteiger charge is 2.27. The number of aromatic nitrogens is 5. The average molecular weight is 532 g/mol. The third-order valence-corrected chi connectivity index (χ3v) is 7.44. The molecule has 4 aromatic rings. The molecule has 39 heavy (non-hydrogen) atoms. The van der Waals surface area contributed by atoms with Crippen LogP contribution >= 0.6 is 0 Å². The second kappa shape index (κ2) is 10.5. The van der Waals surface area contributed by atoms with Gasteiger partial charge >= 0.3 is 5.69 Å². The van der Waals surface area contributed by atoms with Crippen molar-refractivity contribution in [2.45, 2.75) is 18.9 Å². The number of hydrogen-bond donors (Lipinski definition) is 1. The molecule has 202 valence electrons. The minimum atomic E-state index is -0.503. The number of amides is 1. The van der Waals surface area contributed by atoms with E-state index in [-0.39, 0.29) is 18.6 Å². The Bertz CT molecular complexity index is 1640. The molecule has 12 nitrogen and oxygen atoms in total. The monoisotopic (exact) mass is 531 g/mol. The minimum absolute atomic E-state index is 0.0253. The van der Waals surface area contributed by atoms with Crippen LogP contribution in [0.5, 0.6) is 0 Å². The highest BCUT2D eigenvalue weighted by atomic mass is 16.5. The first-order valence-corrected chi connectivity index (χ1v) is 13.0. The van der Waals surface area contributed by atoms with E-state index < -0.39 is 11.2 Å². The number of H-pyrrole nitrogens is 1. The van der Waals surface area contributed by atoms with Crippen LogP contribution in [0, 0.1) is 0 Å². The summed E-state index contributed by atoms with van der Waals surface area (Å²) >= 11 is 0. The summed E-state index contributed by atoms with van der Waals surface area (Å²) < 4.78 is 12.0. The lowest BCUT2D eigenvalue weighted by molar-refractivity contribution is -0.136. The quantitative estimate of drug-likeness (QED) is 0.379. The van der Waals surface area contributed by atoms with Crippen molar-refractivity contribution in [1.82, 2.24) is 29.4 Å². The van der Waals surface area contributed by atoms with E-state index in [1.54, 1.807) is 15.7 Å². The number of nitrogens with zero attached hydrogens (tertiary/aromatic N) is 6. The molecule has 1 amide bonds. The van der Waals surface area contributed by atoms with Crippen molar-refractivity contribution in [2.24, 2.45) is 0 Å². The van der Waals surface area contributed by atoms with Crippen LogP contribution in [0.3, 0.4) is 0 Å². The number of hydrogen-bond acceptors (Lipinski definition) is 9. The van der Waals surface area contributed by atoms with Gasteiger partial charge in [0.15, 0.2) is 0 Å². The first-order chi connectivity index (χ1) is 19.0. The van der Waals surface area contributed by atoms with Gasteiger partial charge in [0.2, 0.25) is 5.91 Å². The summed E-state index contributed by atoms with van der Waals surface area (Å²) in [5.74, 6) is 0.800. The lowest BCUT2D eigenvalue weighted by atomic mass is 10.0. The van der Waals surface area contributed by atoms with E-state index in [9.17, 15) is 14.4 Å². The van der Waals surface area contributed by atoms with Crippen molar-refractivity contribution in [3.8, 4) is 11.3 Å². The second-order valence-electron chi connectivity index (χ2n) is 9.76. The third-order valence-electron chi connectivity index (χ3n) is 7.44. The molecule has 6 heterocycles. The van der Waals surface area contributed by atoms with E-state index in [0.717, 1.165) is 24.5 Å². The van der Waals surface area contributed by atoms with E-state index in [4.69, 9.17) is 14.5 Å². The highest BCUT2D eigenvalue weighted by molar-refractivity contribution is 6.01. The number of carbonyl (C=O) groups excluding carboxylic acids is 1. The van der Waals surface area contributed by atoms with Crippen molar-refractivity contribution >= 4 is 33.7 Å². The molecule has 0 aromatic carbocycles. The number of pyridine rings is 3. The van der Waals surface area contributed by atoms with Crippen LogP contribution in [0.15, 0.2) is 46.2 Å². The second-order valence-corrected chi connectivity index (χ2v) is 9.76. The Morgan fingerprint density at radius 1 is 1.05 bits per heavy atom. The van der Waals surface area contributed by atoms with Crippen molar-refractivity contribution < 1.29 is 14.3 Å².